The van der Waals surface area contributed by atoms with E-state index in [1.807, 2.05) is 0 Å². The van der Waals surface area contributed by atoms with Crippen molar-refractivity contribution in [1.82, 2.24) is 14.9 Å². The van der Waals surface area contributed by atoms with Gasteiger partial charge in [0, 0.05) is 46.3 Å². The van der Waals surface area contributed by atoms with Gasteiger partial charge in [-0.3, -0.25) is 4.79 Å². The Morgan fingerprint density at radius 3 is 2.79 bits per heavy atom. The fraction of sp³-hybridized carbons (Fsp3) is 0.417. The Bertz CT molecular complexity index is 1130. The van der Waals surface area contributed by atoms with Crippen LogP contribution in [-0.2, 0) is 19.0 Å². The first-order valence-corrected chi connectivity index (χ1v) is 10.8. The summed E-state index contributed by atoms with van der Waals surface area (Å²) in [4.78, 5) is 35.0. The molecule has 1 unspecified atom stereocenters. The number of ether oxygens (including phenoxy) is 3. The second-order valence-electron chi connectivity index (χ2n) is 7.55. The number of methoxy groups -OCH3 is 2. The fourth-order valence-electron chi connectivity index (χ4n) is 3.43. The Labute approximate surface area is 197 Å². The van der Waals surface area contributed by atoms with Gasteiger partial charge in [0.2, 0.25) is 5.60 Å². The number of anilines is 1. The van der Waals surface area contributed by atoms with Crippen LogP contribution in [-0.4, -0.2) is 79.9 Å². The number of likely N-dealkylation sites (tertiary alicyclic amines) is 1. The lowest BCUT2D eigenvalue weighted by molar-refractivity contribution is -0.139. The summed E-state index contributed by atoms with van der Waals surface area (Å²) >= 11 is 0. The molecule has 0 aliphatic carbocycles. The number of aromatic nitrogens is 2. The van der Waals surface area contributed by atoms with E-state index in [-0.39, 0.29) is 29.6 Å². The molecule has 9 nitrogen and oxygen atoms in total. The fourth-order valence-corrected chi connectivity index (χ4v) is 3.43. The van der Waals surface area contributed by atoms with Crippen molar-refractivity contribution in [3.05, 3.63) is 41.5 Å². The molecular weight excluding hydrogens is 443 g/mol. The number of esters is 1. The number of hydrogen-bond donors (Lipinski definition) is 1. The predicted molar refractivity (Wildman–Crippen MR) is 123 cm³/mol. The highest BCUT2D eigenvalue weighted by atomic mass is 19.1. The number of halogens is 1. The molecule has 0 bridgehead atoms. The van der Waals surface area contributed by atoms with E-state index in [1.54, 1.807) is 26.0 Å². The van der Waals surface area contributed by atoms with Gasteiger partial charge in [-0.15, -0.1) is 0 Å². The van der Waals surface area contributed by atoms with Crippen LogP contribution < -0.4 is 5.32 Å². The van der Waals surface area contributed by atoms with Gasteiger partial charge in [-0.1, -0.05) is 11.8 Å². The molecule has 1 aromatic carbocycles. The maximum Gasteiger partial charge on any atom is 0.359 e. The highest BCUT2D eigenvalue weighted by molar-refractivity contribution is 5.94. The van der Waals surface area contributed by atoms with Crippen LogP contribution >= 0.6 is 0 Å². The molecule has 10 heteroatoms. The van der Waals surface area contributed by atoms with Crippen molar-refractivity contribution in [3.63, 3.8) is 0 Å². The number of hydrogen-bond acceptors (Lipinski definition) is 8. The monoisotopic (exact) mass is 470 g/mol. The van der Waals surface area contributed by atoms with Crippen molar-refractivity contribution in [2.45, 2.75) is 18.9 Å². The third-order valence-corrected chi connectivity index (χ3v) is 5.34. The number of nitrogens with zero attached hydrogens (tertiary/aromatic N) is 3. The van der Waals surface area contributed by atoms with E-state index in [1.165, 1.54) is 31.5 Å². The molecule has 0 radical (unpaired) electrons. The molecule has 1 aliphatic rings. The van der Waals surface area contributed by atoms with Gasteiger partial charge in [-0.05, 0) is 25.1 Å². The number of amides is 1. The summed E-state index contributed by atoms with van der Waals surface area (Å²) in [5.74, 6) is 4.35. The van der Waals surface area contributed by atoms with E-state index >= 15 is 0 Å². The quantitative estimate of drug-likeness (QED) is 0.356. The van der Waals surface area contributed by atoms with E-state index < -0.39 is 17.4 Å². The third-order valence-electron chi connectivity index (χ3n) is 5.34. The Hall–Kier alpha value is -3.55. The largest absolute Gasteiger partial charge is 0.461 e. The van der Waals surface area contributed by atoms with Gasteiger partial charge in [0.1, 0.15) is 5.82 Å². The second kappa shape index (κ2) is 11.0. The Balaban J connectivity index is 1.98. The standard InChI is InChI=1S/C24H27FN4O5/c1-5-34-22(30)20-19(26-11-13-32-3)15-27-21(28-20)17-14-16(6-7-18(17)25)8-9-24(33-4)10-12-29(2)23(24)31/h6-7,14-15,26H,5,10-13H2,1-4H3. The first-order valence-electron chi connectivity index (χ1n) is 10.8. The van der Waals surface area contributed by atoms with Crippen molar-refractivity contribution in [2.24, 2.45) is 0 Å². The van der Waals surface area contributed by atoms with Gasteiger partial charge >= 0.3 is 5.97 Å². The molecule has 2 heterocycles. The number of carbonyl (C=O) groups excluding carboxylic acids is 2. The molecule has 0 saturated carbocycles. The highest BCUT2D eigenvalue weighted by Gasteiger charge is 2.44. The average molecular weight is 471 g/mol. The van der Waals surface area contributed by atoms with Crippen LogP contribution in [0.5, 0.6) is 0 Å². The van der Waals surface area contributed by atoms with Crippen LogP contribution in [0.2, 0.25) is 0 Å². The molecule has 1 atom stereocenters. The third kappa shape index (κ3) is 5.32. The zero-order valence-corrected chi connectivity index (χ0v) is 19.6. The summed E-state index contributed by atoms with van der Waals surface area (Å²) in [5, 5.41) is 3.01. The number of rotatable bonds is 8. The van der Waals surface area contributed by atoms with E-state index in [4.69, 9.17) is 14.2 Å². The first kappa shape index (κ1) is 25.1. The number of benzene rings is 1. The smallest absolute Gasteiger partial charge is 0.359 e. The SMILES string of the molecule is CCOC(=O)c1nc(-c2cc(C#CC3(OC)CCN(C)C3=O)ccc2F)ncc1NCCOC. The Kier molecular flexibility index (Phi) is 8.15. The van der Waals surface area contributed by atoms with Crippen LogP contribution in [0.3, 0.4) is 0 Å². The molecule has 180 valence electrons. The van der Waals surface area contributed by atoms with Crippen LogP contribution in [0.15, 0.2) is 24.4 Å². The van der Waals surface area contributed by atoms with Gasteiger partial charge in [-0.25, -0.2) is 19.2 Å². The minimum atomic E-state index is -1.23. The van der Waals surface area contributed by atoms with E-state index in [2.05, 4.69) is 27.1 Å². The van der Waals surface area contributed by atoms with Crippen LogP contribution in [0.25, 0.3) is 11.4 Å². The molecule has 1 saturated heterocycles. The van der Waals surface area contributed by atoms with Crippen molar-refractivity contribution in [3.8, 4) is 23.2 Å². The Morgan fingerprint density at radius 1 is 1.35 bits per heavy atom. The van der Waals surface area contributed by atoms with Crippen LogP contribution in [0.1, 0.15) is 29.4 Å². The molecule has 1 N–H and O–H groups in total. The van der Waals surface area contributed by atoms with Crippen LogP contribution in [0.4, 0.5) is 10.1 Å². The van der Waals surface area contributed by atoms with E-state index in [9.17, 15) is 14.0 Å². The molecule has 2 aromatic rings. The van der Waals surface area contributed by atoms with Crippen molar-refractivity contribution >= 4 is 17.6 Å². The second-order valence-corrected chi connectivity index (χ2v) is 7.55. The van der Waals surface area contributed by atoms with Crippen molar-refractivity contribution in [1.29, 1.82) is 0 Å². The van der Waals surface area contributed by atoms with Crippen molar-refractivity contribution < 1.29 is 28.2 Å². The van der Waals surface area contributed by atoms with Gasteiger partial charge in [0.15, 0.2) is 11.5 Å². The van der Waals surface area contributed by atoms with Gasteiger partial charge in [-0.2, -0.15) is 0 Å². The summed E-state index contributed by atoms with van der Waals surface area (Å²) in [7, 11) is 4.68. The maximum atomic E-state index is 14.7. The number of likely N-dealkylation sites (N-methyl/N-ethyl adjacent to an activating group) is 1. The van der Waals surface area contributed by atoms with Crippen molar-refractivity contribution in [2.75, 3.05) is 52.9 Å². The normalized spacial score (nSPS) is 17.3. The predicted octanol–water partition coefficient (Wildman–Crippen LogP) is 2.12. The molecule has 1 fully saturated rings. The van der Waals surface area contributed by atoms with Gasteiger partial charge < -0.3 is 24.4 Å². The van der Waals surface area contributed by atoms with Gasteiger partial charge in [0.25, 0.3) is 5.91 Å². The topological polar surface area (TPSA) is 103 Å². The molecule has 1 aliphatic heterocycles. The summed E-state index contributed by atoms with van der Waals surface area (Å²) in [6, 6.07) is 4.20. The number of carbonyl (C=O) groups is 2. The minimum Gasteiger partial charge on any atom is -0.461 e. The highest BCUT2D eigenvalue weighted by Crippen LogP contribution is 2.26. The summed E-state index contributed by atoms with van der Waals surface area (Å²) < 4.78 is 30.2. The maximum absolute atomic E-state index is 14.7. The average Bonchev–Trinajstić information content (AvgIpc) is 3.13. The number of nitrogens with one attached hydrogen (secondary N) is 1. The molecular formula is C24H27FN4O5. The van der Waals surface area contributed by atoms with E-state index in [0.717, 1.165) is 0 Å². The lowest BCUT2D eigenvalue weighted by atomic mass is 10.0. The van der Waals surface area contributed by atoms with Crippen LogP contribution in [0, 0.1) is 17.7 Å². The lowest BCUT2D eigenvalue weighted by Gasteiger charge is -2.18. The molecule has 34 heavy (non-hydrogen) atoms. The lowest BCUT2D eigenvalue weighted by Crippen LogP contribution is -2.39. The molecule has 3 rings (SSSR count). The molecule has 1 aromatic heterocycles. The molecule has 0 spiro atoms. The zero-order valence-electron chi connectivity index (χ0n) is 19.6. The summed E-state index contributed by atoms with van der Waals surface area (Å²) in [6.07, 6.45) is 1.83. The van der Waals surface area contributed by atoms with E-state index in [0.29, 0.717) is 37.4 Å². The zero-order chi connectivity index (χ0) is 24.7. The minimum absolute atomic E-state index is 0.000347. The summed E-state index contributed by atoms with van der Waals surface area (Å²) in [6.45, 7) is 3.19. The Morgan fingerprint density at radius 2 is 2.15 bits per heavy atom. The summed E-state index contributed by atoms with van der Waals surface area (Å²) in [5.41, 5.74) is -0.397. The van der Waals surface area contributed by atoms with Gasteiger partial charge in [0.05, 0.1) is 30.7 Å². The molecule has 1 amide bonds. The first-order chi connectivity index (χ1) is 16.3.